The topological polar surface area (TPSA) is 179 Å². The van der Waals surface area contributed by atoms with Gasteiger partial charge in [-0.15, -0.1) is 12.4 Å². The Morgan fingerprint density at radius 3 is 2.32 bits per heavy atom. The maximum atomic E-state index is 13.0. The SMILES string of the molecule is Cl.NC(N)=NCCCC(NC(=O)Cn1cccc(NS(=O)(=O)Cc2ccccc2)c1=O)C(=O)C(F)(F)F. The molecule has 1 heterocycles. The Morgan fingerprint density at radius 1 is 1.08 bits per heavy atom. The van der Waals surface area contributed by atoms with Crippen LogP contribution in [0.1, 0.15) is 18.4 Å². The van der Waals surface area contributed by atoms with E-state index in [2.05, 4.69) is 9.71 Å². The Hall–Kier alpha value is -3.59. The second-order valence-electron chi connectivity index (χ2n) is 7.63. The van der Waals surface area contributed by atoms with E-state index in [1.165, 1.54) is 12.1 Å². The third kappa shape index (κ3) is 10.5. The lowest BCUT2D eigenvalue weighted by molar-refractivity contribution is -0.174. The first-order valence-corrected chi connectivity index (χ1v) is 12.1. The number of nitrogens with two attached hydrogens (primary N) is 2. The summed E-state index contributed by atoms with van der Waals surface area (Å²) in [6.45, 7) is -0.826. The van der Waals surface area contributed by atoms with Gasteiger partial charge in [-0.05, 0) is 30.5 Å². The number of carbonyl (C=O) groups excluding carboxylic acids is 2. The number of aliphatic imine (C=N–C) groups is 1. The van der Waals surface area contributed by atoms with Crippen LogP contribution in [0.15, 0.2) is 58.4 Å². The zero-order chi connectivity index (χ0) is 26.9. The number of nitrogens with one attached hydrogen (secondary N) is 2. The smallest absolute Gasteiger partial charge is 0.370 e. The van der Waals surface area contributed by atoms with Crippen LogP contribution in [0.2, 0.25) is 0 Å². The summed E-state index contributed by atoms with van der Waals surface area (Å²) in [6.07, 6.45) is -4.50. The fourth-order valence-corrected chi connectivity index (χ4v) is 4.29. The normalized spacial score (nSPS) is 12.1. The van der Waals surface area contributed by atoms with E-state index in [9.17, 15) is 36.0 Å². The predicted octanol–water partition coefficient (Wildman–Crippen LogP) is 0.882. The number of amides is 1. The van der Waals surface area contributed by atoms with Gasteiger partial charge in [0.25, 0.3) is 11.3 Å². The third-order valence-electron chi connectivity index (χ3n) is 4.68. The van der Waals surface area contributed by atoms with Gasteiger partial charge >= 0.3 is 6.18 Å². The molecule has 1 unspecified atom stereocenters. The van der Waals surface area contributed by atoms with E-state index in [-0.39, 0.29) is 37.0 Å². The molecule has 16 heteroatoms. The van der Waals surface area contributed by atoms with Gasteiger partial charge in [0, 0.05) is 12.7 Å². The van der Waals surface area contributed by atoms with E-state index in [4.69, 9.17) is 11.5 Å². The lowest BCUT2D eigenvalue weighted by Gasteiger charge is -2.19. The lowest BCUT2D eigenvalue weighted by atomic mass is 10.1. The van der Waals surface area contributed by atoms with E-state index in [0.29, 0.717) is 5.56 Å². The van der Waals surface area contributed by atoms with Crippen molar-refractivity contribution in [3.63, 3.8) is 0 Å². The highest BCUT2D eigenvalue weighted by Gasteiger charge is 2.43. The summed E-state index contributed by atoms with van der Waals surface area (Å²) >= 11 is 0. The zero-order valence-electron chi connectivity index (χ0n) is 19.3. The van der Waals surface area contributed by atoms with Gasteiger partial charge in [-0.1, -0.05) is 30.3 Å². The van der Waals surface area contributed by atoms with Crippen LogP contribution in [-0.4, -0.2) is 49.4 Å². The van der Waals surface area contributed by atoms with Crippen molar-refractivity contribution in [2.24, 2.45) is 16.5 Å². The number of halogens is 4. The number of hydrogen-bond acceptors (Lipinski definition) is 6. The highest BCUT2D eigenvalue weighted by molar-refractivity contribution is 7.91. The van der Waals surface area contributed by atoms with Gasteiger partial charge in [-0.2, -0.15) is 13.2 Å². The number of aromatic nitrogens is 1. The number of sulfonamides is 1. The molecule has 0 fully saturated rings. The standard InChI is InChI=1S/C21H25F3N6O5S.ClH/c22-21(23,24)18(32)15(8-4-10-27-20(25)26)28-17(31)12-30-11-5-9-16(19(30)33)29-36(34,35)13-14-6-2-1-3-7-14;/h1-3,5-7,9,11,15,29H,4,8,10,12-13H2,(H,28,31)(H4,25,26,27);1H. The summed E-state index contributed by atoms with van der Waals surface area (Å²) in [5.74, 6) is -3.93. The Kier molecular flexibility index (Phi) is 11.6. The number of benzene rings is 1. The molecule has 0 saturated heterocycles. The molecule has 2 aromatic rings. The van der Waals surface area contributed by atoms with Crippen LogP contribution in [0.4, 0.5) is 18.9 Å². The van der Waals surface area contributed by atoms with Gasteiger partial charge in [0.05, 0.1) is 11.8 Å². The van der Waals surface area contributed by atoms with Gasteiger partial charge in [-0.25, -0.2) is 8.42 Å². The van der Waals surface area contributed by atoms with Crippen LogP contribution in [-0.2, 0) is 31.9 Å². The second-order valence-corrected chi connectivity index (χ2v) is 9.35. The van der Waals surface area contributed by atoms with Crippen molar-refractivity contribution in [1.82, 2.24) is 9.88 Å². The van der Waals surface area contributed by atoms with Gasteiger partial charge < -0.3 is 21.4 Å². The molecular weight excluding hydrogens is 541 g/mol. The molecule has 1 atom stereocenters. The van der Waals surface area contributed by atoms with Crippen molar-refractivity contribution in [2.45, 2.75) is 37.4 Å². The maximum absolute atomic E-state index is 13.0. The van der Waals surface area contributed by atoms with Gasteiger partial charge in [0.2, 0.25) is 15.9 Å². The molecule has 204 valence electrons. The Labute approximate surface area is 216 Å². The van der Waals surface area contributed by atoms with Gasteiger partial charge in [0.1, 0.15) is 12.2 Å². The Balaban J connectivity index is 0.00000684. The summed E-state index contributed by atoms with van der Waals surface area (Å²) in [5, 5.41) is 1.97. The fraction of sp³-hybridized carbons (Fsp3) is 0.333. The van der Waals surface area contributed by atoms with Crippen LogP contribution in [0, 0.1) is 0 Å². The molecule has 1 aromatic carbocycles. The van der Waals surface area contributed by atoms with Crippen molar-refractivity contribution < 1.29 is 31.2 Å². The Bertz CT molecular complexity index is 1270. The molecular formula is C21H26ClF3N6O5S. The number of Topliss-reactive ketones (excluding diaryl/α,β-unsaturated/α-hetero) is 1. The zero-order valence-corrected chi connectivity index (χ0v) is 20.9. The number of hydrogen-bond donors (Lipinski definition) is 4. The lowest BCUT2D eigenvalue weighted by Crippen LogP contribution is -2.48. The van der Waals surface area contributed by atoms with Crippen molar-refractivity contribution >= 4 is 45.8 Å². The van der Waals surface area contributed by atoms with Crippen molar-refractivity contribution in [2.75, 3.05) is 11.3 Å². The number of rotatable bonds is 12. The summed E-state index contributed by atoms with van der Waals surface area (Å²) in [7, 11) is -3.98. The quantitative estimate of drug-likeness (QED) is 0.167. The van der Waals surface area contributed by atoms with Crippen molar-refractivity contribution in [3.05, 3.63) is 64.6 Å². The number of alkyl halides is 3. The van der Waals surface area contributed by atoms with E-state index in [0.717, 1.165) is 10.8 Å². The summed E-state index contributed by atoms with van der Waals surface area (Å²) in [5.41, 5.74) is 9.49. The molecule has 0 aliphatic heterocycles. The number of pyridine rings is 1. The van der Waals surface area contributed by atoms with E-state index < -0.39 is 58.2 Å². The average molecular weight is 567 g/mol. The van der Waals surface area contributed by atoms with E-state index in [1.807, 2.05) is 5.32 Å². The first-order chi connectivity index (χ1) is 16.8. The number of ketones is 1. The van der Waals surface area contributed by atoms with E-state index in [1.54, 1.807) is 30.3 Å². The molecule has 0 radical (unpaired) electrons. The average Bonchev–Trinajstić information content (AvgIpc) is 2.77. The number of carbonyl (C=O) groups is 2. The minimum atomic E-state index is -5.21. The summed E-state index contributed by atoms with van der Waals surface area (Å²) in [6, 6.07) is 8.72. The molecule has 2 rings (SSSR count). The van der Waals surface area contributed by atoms with Crippen LogP contribution in [0.3, 0.4) is 0 Å². The Morgan fingerprint density at radius 2 is 1.73 bits per heavy atom. The molecule has 6 N–H and O–H groups in total. The van der Waals surface area contributed by atoms with E-state index >= 15 is 0 Å². The molecule has 0 aliphatic rings. The monoisotopic (exact) mass is 566 g/mol. The molecule has 1 amide bonds. The maximum Gasteiger partial charge on any atom is 0.452 e. The van der Waals surface area contributed by atoms with Crippen LogP contribution >= 0.6 is 12.4 Å². The summed E-state index contributed by atoms with van der Waals surface area (Å²) < 4.78 is 66.7. The third-order valence-corrected chi connectivity index (χ3v) is 5.92. The van der Waals surface area contributed by atoms with Crippen molar-refractivity contribution in [1.29, 1.82) is 0 Å². The molecule has 0 bridgehead atoms. The molecule has 1 aromatic heterocycles. The highest BCUT2D eigenvalue weighted by atomic mass is 35.5. The molecule has 0 spiro atoms. The molecule has 37 heavy (non-hydrogen) atoms. The predicted molar refractivity (Wildman–Crippen MR) is 134 cm³/mol. The minimum Gasteiger partial charge on any atom is -0.370 e. The second kappa shape index (κ2) is 13.6. The van der Waals surface area contributed by atoms with Crippen LogP contribution in [0.5, 0.6) is 0 Å². The molecule has 0 aliphatic carbocycles. The molecule has 11 nitrogen and oxygen atoms in total. The first-order valence-electron chi connectivity index (χ1n) is 10.5. The summed E-state index contributed by atoms with van der Waals surface area (Å²) in [4.78, 5) is 40.4. The van der Waals surface area contributed by atoms with Crippen molar-refractivity contribution in [3.8, 4) is 0 Å². The largest absolute Gasteiger partial charge is 0.452 e. The first kappa shape index (κ1) is 31.4. The van der Waals surface area contributed by atoms with Gasteiger partial charge in [-0.3, -0.25) is 24.1 Å². The van der Waals surface area contributed by atoms with Gasteiger partial charge in [0.15, 0.2) is 5.96 Å². The minimum absolute atomic E-state index is 0. The fourth-order valence-electron chi connectivity index (χ4n) is 3.10. The number of guanidine groups is 1. The molecule has 0 saturated carbocycles. The number of nitrogens with zero attached hydrogens (tertiary/aromatic N) is 2. The van der Waals surface area contributed by atoms with Crippen LogP contribution < -0.4 is 27.1 Å². The number of anilines is 1. The highest BCUT2D eigenvalue weighted by Crippen LogP contribution is 2.20. The van der Waals surface area contributed by atoms with Crippen LogP contribution in [0.25, 0.3) is 0 Å².